The van der Waals surface area contributed by atoms with Crippen LogP contribution in [0.5, 0.6) is 0 Å². The molecule has 2 aliphatic carbocycles. The van der Waals surface area contributed by atoms with Crippen LogP contribution in [0, 0.1) is 3.70 Å². The quantitative estimate of drug-likeness (QED) is 0.579. The number of halogens is 1. The number of hydrogen-bond donors (Lipinski definition) is 1. The highest BCUT2D eigenvalue weighted by Gasteiger charge is 2.29. The Balaban J connectivity index is 2.31. The van der Waals surface area contributed by atoms with Crippen LogP contribution in [0.2, 0.25) is 0 Å². The van der Waals surface area contributed by atoms with Gasteiger partial charge >= 0.3 is 0 Å². The van der Waals surface area contributed by atoms with Gasteiger partial charge in [-0.05, 0) is 78.2 Å². The minimum absolute atomic E-state index is 0.171. The fraction of sp³-hybridized carbons (Fsp3) is 0.583. The zero-order valence-electron chi connectivity index (χ0n) is 8.61. The van der Waals surface area contributed by atoms with Crippen molar-refractivity contribution in [2.75, 3.05) is 0 Å². The summed E-state index contributed by atoms with van der Waals surface area (Å²) in [5.74, 6) is 0.688. The molecule has 2 nitrogen and oxygen atoms in total. The van der Waals surface area contributed by atoms with Crippen molar-refractivity contribution in [3.63, 3.8) is 0 Å². The molecule has 0 radical (unpaired) electrons. The molecular formula is C12H14INO. The smallest absolute Gasteiger partial charge is 0.252 e. The van der Waals surface area contributed by atoms with Crippen LogP contribution in [-0.4, -0.2) is 4.98 Å². The van der Waals surface area contributed by atoms with Crippen molar-refractivity contribution in [2.45, 2.75) is 44.4 Å². The van der Waals surface area contributed by atoms with Crippen LogP contribution in [-0.2, 0) is 12.8 Å². The van der Waals surface area contributed by atoms with E-state index in [-0.39, 0.29) is 5.56 Å². The molecule has 0 saturated heterocycles. The number of pyridine rings is 1. The van der Waals surface area contributed by atoms with Gasteiger partial charge in [-0.3, -0.25) is 4.79 Å². The number of H-pyrrole nitrogens is 1. The van der Waals surface area contributed by atoms with E-state index in [0.29, 0.717) is 5.92 Å². The molecule has 3 heteroatoms. The molecule has 1 aromatic heterocycles. The topological polar surface area (TPSA) is 32.9 Å². The van der Waals surface area contributed by atoms with E-state index in [1.165, 1.54) is 36.8 Å². The molecule has 3 rings (SSSR count). The summed E-state index contributed by atoms with van der Waals surface area (Å²) < 4.78 is 1.09. The Bertz CT molecular complexity index is 461. The Morgan fingerprint density at radius 1 is 1.13 bits per heavy atom. The lowest BCUT2D eigenvalue weighted by Gasteiger charge is -2.31. The lowest BCUT2D eigenvalue weighted by molar-refractivity contribution is 0.471. The molecular weight excluding hydrogens is 301 g/mol. The minimum atomic E-state index is 0.171. The average Bonchev–Trinajstić information content (AvgIpc) is 2.25. The van der Waals surface area contributed by atoms with Crippen LogP contribution in [0.4, 0.5) is 0 Å². The van der Waals surface area contributed by atoms with Crippen molar-refractivity contribution in [3.05, 3.63) is 30.7 Å². The third kappa shape index (κ3) is 1.47. The fourth-order valence-corrected chi connectivity index (χ4v) is 3.95. The van der Waals surface area contributed by atoms with E-state index in [9.17, 15) is 4.79 Å². The summed E-state index contributed by atoms with van der Waals surface area (Å²) >= 11 is 2.28. The SMILES string of the molecule is O=c1[nH]c(I)c2c3c1CCCC3CCC2. The van der Waals surface area contributed by atoms with E-state index in [2.05, 4.69) is 27.6 Å². The highest BCUT2D eigenvalue weighted by molar-refractivity contribution is 14.1. The number of aromatic amines is 1. The van der Waals surface area contributed by atoms with Crippen molar-refractivity contribution in [1.29, 1.82) is 0 Å². The van der Waals surface area contributed by atoms with E-state index in [0.717, 1.165) is 22.1 Å². The maximum atomic E-state index is 11.9. The second kappa shape index (κ2) is 3.61. The molecule has 80 valence electrons. The summed E-state index contributed by atoms with van der Waals surface area (Å²) in [5.41, 5.74) is 4.15. The molecule has 0 saturated carbocycles. The van der Waals surface area contributed by atoms with Gasteiger partial charge in [-0.25, -0.2) is 0 Å². The first-order valence-electron chi connectivity index (χ1n) is 5.71. The lowest BCUT2D eigenvalue weighted by atomic mass is 9.74. The molecule has 0 fully saturated rings. The first-order chi connectivity index (χ1) is 7.27. The predicted octanol–water partition coefficient (Wildman–Crippen LogP) is 2.74. The van der Waals surface area contributed by atoms with Crippen LogP contribution in [0.15, 0.2) is 4.79 Å². The van der Waals surface area contributed by atoms with Gasteiger partial charge in [0.1, 0.15) is 0 Å². The van der Waals surface area contributed by atoms with Crippen LogP contribution >= 0.6 is 22.6 Å². The van der Waals surface area contributed by atoms with Gasteiger partial charge in [-0.2, -0.15) is 0 Å². The Labute approximate surface area is 103 Å². The predicted molar refractivity (Wildman–Crippen MR) is 68.4 cm³/mol. The van der Waals surface area contributed by atoms with Gasteiger partial charge in [0.2, 0.25) is 0 Å². The van der Waals surface area contributed by atoms with E-state index < -0.39 is 0 Å². The maximum absolute atomic E-state index is 11.9. The van der Waals surface area contributed by atoms with Gasteiger partial charge in [0.25, 0.3) is 5.56 Å². The molecule has 15 heavy (non-hydrogen) atoms. The second-order valence-electron chi connectivity index (χ2n) is 4.62. The first kappa shape index (κ1) is 9.87. The van der Waals surface area contributed by atoms with Gasteiger partial charge in [-0.1, -0.05) is 0 Å². The van der Waals surface area contributed by atoms with Gasteiger partial charge in [0.05, 0.1) is 3.70 Å². The summed E-state index contributed by atoms with van der Waals surface area (Å²) in [7, 11) is 0. The van der Waals surface area contributed by atoms with E-state index in [1.807, 2.05) is 0 Å². The van der Waals surface area contributed by atoms with Crippen molar-refractivity contribution >= 4 is 22.6 Å². The summed E-state index contributed by atoms with van der Waals surface area (Å²) in [5, 5.41) is 0. The minimum Gasteiger partial charge on any atom is -0.317 e. The summed E-state index contributed by atoms with van der Waals surface area (Å²) in [6.45, 7) is 0. The Morgan fingerprint density at radius 2 is 1.80 bits per heavy atom. The Kier molecular flexibility index (Phi) is 2.38. The van der Waals surface area contributed by atoms with E-state index in [1.54, 1.807) is 0 Å². The molecule has 0 spiro atoms. The monoisotopic (exact) mass is 315 g/mol. The highest BCUT2D eigenvalue weighted by atomic mass is 127. The van der Waals surface area contributed by atoms with Crippen LogP contribution in [0.25, 0.3) is 0 Å². The number of aromatic nitrogens is 1. The Hall–Kier alpha value is -0.320. The van der Waals surface area contributed by atoms with Crippen LogP contribution in [0.3, 0.4) is 0 Å². The summed E-state index contributed by atoms with van der Waals surface area (Å²) in [6.07, 6.45) is 7.22. The molecule has 2 aliphatic rings. The van der Waals surface area contributed by atoms with Gasteiger partial charge in [-0.15, -0.1) is 0 Å². The number of rotatable bonds is 0. The zero-order chi connectivity index (χ0) is 10.4. The zero-order valence-corrected chi connectivity index (χ0v) is 10.8. The van der Waals surface area contributed by atoms with Crippen molar-refractivity contribution < 1.29 is 0 Å². The molecule has 1 aromatic rings. The molecule has 0 aromatic carbocycles. The van der Waals surface area contributed by atoms with Gasteiger partial charge in [0, 0.05) is 5.56 Å². The second-order valence-corrected chi connectivity index (χ2v) is 5.70. The molecule has 0 amide bonds. The standard InChI is InChI=1S/C12H14INO/c13-11-8-5-1-3-7-4-2-6-9(10(7)8)12(15)14-11/h7H,1-6H2,(H,14,15). The van der Waals surface area contributed by atoms with Crippen molar-refractivity contribution in [2.24, 2.45) is 0 Å². The third-order valence-electron chi connectivity index (χ3n) is 3.78. The molecule has 1 N–H and O–H groups in total. The molecule has 1 unspecified atom stereocenters. The van der Waals surface area contributed by atoms with E-state index in [4.69, 9.17) is 0 Å². The normalized spacial score (nSPS) is 23.7. The van der Waals surface area contributed by atoms with Gasteiger partial charge in [0.15, 0.2) is 0 Å². The van der Waals surface area contributed by atoms with Crippen LogP contribution in [0.1, 0.15) is 48.3 Å². The Morgan fingerprint density at radius 3 is 2.53 bits per heavy atom. The molecule has 0 aliphatic heterocycles. The molecule has 1 heterocycles. The van der Waals surface area contributed by atoms with Crippen LogP contribution < -0.4 is 5.56 Å². The van der Waals surface area contributed by atoms with Crippen molar-refractivity contribution in [3.8, 4) is 0 Å². The maximum Gasteiger partial charge on any atom is 0.252 e. The third-order valence-corrected chi connectivity index (χ3v) is 4.70. The fourth-order valence-electron chi connectivity index (χ4n) is 3.14. The molecule has 1 atom stereocenters. The number of nitrogens with one attached hydrogen (secondary N) is 1. The summed E-state index contributed by atoms with van der Waals surface area (Å²) in [6, 6.07) is 0. The van der Waals surface area contributed by atoms with Crippen molar-refractivity contribution in [1.82, 2.24) is 4.98 Å². The highest BCUT2D eigenvalue weighted by Crippen LogP contribution is 2.40. The lowest BCUT2D eigenvalue weighted by Crippen LogP contribution is -2.27. The molecule has 0 bridgehead atoms. The van der Waals surface area contributed by atoms with Gasteiger partial charge < -0.3 is 4.98 Å². The largest absolute Gasteiger partial charge is 0.317 e. The average molecular weight is 315 g/mol. The summed E-state index contributed by atoms with van der Waals surface area (Å²) in [4.78, 5) is 14.9. The first-order valence-corrected chi connectivity index (χ1v) is 6.78. The number of hydrogen-bond acceptors (Lipinski definition) is 1. The van der Waals surface area contributed by atoms with E-state index >= 15 is 0 Å².